The smallest absolute Gasteiger partial charge is 0.303 e. The second-order valence-corrected chi connectivity index (χ2v) is 11.6. The zero-order valence-electron chi connectivity index (χ0n) is 27.0. The Kier molecular flexibility index (Phi) is 10.9. The van der Waals surface area contributed by atoms with Gasteiger partial charge in [0.2, 0.25) is 17.5 Å². The number of aromatic hydroxyl groups is 4. The molecule has 19 heteroatoms. The van der Waals surface area contributed by atoms with Gasteiger partial charge in [-0.25, -0.2) is 0 Å². The number of phenolic OH excluding ortho intramolecular Hbond substituents is 4. The molecule has 2 aliphatic heterocycles. The summed E-state index contributed by atoms with van der Waals surface area (Å²) in [6.45, 7) is 2.16. The SMILES string of the molecule is CC(=O)OCC1OC(OCC2OC(Oc3c(-c4ccc(O)c(O)c4)oc4cc(O)cc(O)c4c3=O)C(O)C(O)C2O)C(OC(C)=O)C1OC(C)=O. The molecule has 5 rings (SSSR count). The predicted molar refractivity (Wildman–Crippen MR) is 164 cm³/mol. The molecule has 276 valence electrons. The molecule has 9 unspecified atom stereocenters. The van der Waals surface area contributed by atoms with Crippen molar-refractivity contribution in [1.82, 2.24) is 0 Å². The van der Waals surface area contributed by atoms with Crippen molar-refractivity contribution in [3.8, 4) is 40.1 Å². The fourth-order valence-electron chi connectivity index (χ4n) is 5.50. The second-order valence-electron chi connectivity index (χ2n) is 11.6. The minimum Gasteiger partial charge on any atom is -0.508 e. The summed E-state index contributed by atoms with van der Waals surface area (Å²) in [5, 5.41) is 72.3. The summed E-state index contributed by atoms with van der Waals surface area (Å²) in [4.78, 5) is 48.9. The van der Waals surface area contributed by atoms with Gasteiger partial charge in [0.15, 0.2) is 35.8 Å². The maximum Gasteiger partial charge on any atom is 0.303 e. The number of fused-ring (bicyclic) bond motifs is 1. The zero-order valence-corrected chi connectivity index (χ0v) is 27.0. The Hall–Kier alpha value is -5.18. The predicted octanol–water partition coefficient (Wildman–Crippen LogP) is -0.363. The van der Waals surface area contributed by atoms with Gasteiger partial charge in [-0.15, -0.1) is 0 Å². The van der Waals surface area contributed by atoms with Gasteiger partial charge in [0.1, 0.15) is 59.6 Å². The second kappa shape index (κ2) is 15.0. The average molecular weight is 723 g/mol. The largest absolute Gasteiger partial charge is 0.508 e. The summed E-state index contributed by atoms with van der Waals surface area (Å²) >= 11 is 0. The normalized spacial score (nSPS) is 27.5. The number of aliphatic hydroxyl groups excluding tert-OH is 3. The Balaban J connectivity index is 1.44. The lowest BCUT2D eigenvalue weighted by Gasteiger charge is -2.40. The molecule has 7 N–H and O–H groups in total. The van der Waals surface area contributed by atoms with Crippen molar-refractivity contribution >= 4 is 28.9 Å². The summed E-state index contributed by atoms with van der Waals surface area (Å²) in [6, 6.07) is 5.16. The summed E-state index contributed by atoms with van der Waals surface area (Å²) in [5.74, 6) is -5.80. The highest BCUT2D eigenvalue weighted by molar-refractivity contribution is 5.88. The first-order valence-corrected chi connectivity index (χ1v) is 15.2. The molecule has 1 aromatic heterocycles. The topological polar surface area (TPSA) is 288 Å². The van der Waals surface area contributed by atoms with Gasteiger partial charge in [-0.1, -0.05) is 0 Å². The first-order chi connectivity index (χ1) is 24.0. The Labute approximate surface area is 286 Å². The summed E-state index contributed by atoms with van der Waals surface area (Å²) in [6.07, 6.45) is -14.8. The Morgan fingerprint density at radius 2 is 1.39 bits per heavy atom. The van der Waals surface area contributed by atoms with Crippen molar-refractivity contribution in [2.75, 3.05) is 13.2 Å². The van der Waals surface area contributed by atoms with Crippen molar-refractivity contribution in [3.63, 3.8) is 0 Å². The van der Waals surface area contributed by atoms with E-state index in [-0.39, 0.29) is 11.1 Å². The van der Waals surface area contributed by atoms with Crippen LogP contribution in [0.4, 0.5) is 0 Å². The molecule has 0 spiro atoms. The first kappa shape index (κ1) is 37.1. The average Bonchev–Trinajstić information content (AvgIpc) is 3.35. The van der Waals surface area contributed by atoms with Crippen LogP contribution < -0.4 is 10.2 Å². The minimum atomic E-state index is -2.03. The zero-order chi connectivity index (χ0) is 37.3. The number of aliphatic hydroxyl groups is 3. The van der Waals surface area contributed by atoms with Crippen LogP contribution in [0.5, 0.6) is 28.7 Å². The highest BCUT2D eigenvalue weighted by Crippen LogP contribution is 2.39. The van der Waals surface area contributed by atoms with Crippen LogP contribution in [-0.2, 0) is 42.8 Å². The molecule has 0 bridgehead atoms. The number of carbonyl (C=O) groups excluding carboxylic acids is 3. The van der Waals surface area contributed by atoms with E-state index in [1.165, 1.54) is 6.07 Å². The highest BCUT2D eigenvalue weighted by atomic mass is 16.8. The maximum atomic E-state index is 13.7. The van der Waals surface area contributed by atoms with Crippen molar-refractivity contribution in [1.29, 1.82) is 0 Å². The highest BCUT2D eigenvalue weighted by Gasteiger charge is 2.52. The molecule has 2 aliphatic rings. The number of hydrogen-bond acceptors (Lipinski definition) is 19. The molecule has 2 fully saturated rings. The van der Waals surface area contributed by atoms with Gasteiger partial charge in [-0.2, -0.15) is 0 Å². The molecule has 19 nitrogen and oxygen atoms in total. The monoisotopic (exact) mass is 722 g/mol. The lowest BCUT2D eigenvalue weighted by Crippen LogP contribution is -2.60. The summed E-state index contributed by atoms with van der Waals surface area (Å²) in [7, 11) is 0. The number of esters is 3. The van der Waals surface area contributed by atoms with Crippen LogP contribution in [0.2, 0.25) is 0 Å². The van der Waals surface area contributed by atoms with Crippen molar-refractivity contribution in [3.05, 3.63) is 40.6 Å². The summed E-state index contributed by atoms with van der Waals surface area (Å²) < 4.78 is 44.2. The fourth-order valence-corrected chi connectivity index (χ4v) is 5.50. The molecular formula is C32H34O19. The van der Waals surface area contributed by atoms with Crippen LogP contribution in [0.1, 0.15) is 20.8 Å². The van der Waals surface area contributed by atoms with E-state index in [4.69, 9.17) is 37.6 Å². The summed E-state index contributed by atoms with van der Waals surface area (Å²) in [5.41, 5.74) is -1.44. The van der Waals surface area contributed by atoms with Crippen LogP contribution in [0.3, 0.4) is 0 Å². The lowest BCUT2D eigenvalue weighted by atomic mass is 9.99. The van der Waals surface area contributed by atoms with E-state index < -0.39 is 132 Å². The standard InChI is InChI=1S/C32H34O19/c1-11(33)44-10-21-28(46-12(2)34)30(47-13(3)35)32(50-21)45-9-20-23(40)25(42)26(43)31(49-20)51-29-24(41)22-18(39)7-15(36)8-19(22)48-27(29)14-4-5-16(37)17(38)6-14/h4-8,20-21,23,25-26,28,30-32,36-40,42-43H,9-10H2,1-3H3. The third kappa shape index (κ3) is 7.93. The van der Waals surface area contributed by atoms with Crippen molar-refractivity contribution in [2.24, 2.45) is 0 Å². The van der Waals surface area contributed by atoms with Crippen molar-refractivity contribution in [2.45, 2.75) is 76.1 Å². The van der Waals surface area contributed by atoms with Crippen molar-refractivity contribution < 1.29 is 87.7 Å². The molecule has 2 aromatic carbocycles. The Morgan fingerprint density at radius 1 is 0.725 bits per heavy atom. The molecule has 51 heavy (non-hydrogen) atoms. The van der Waals surface area contributed by atoms with Crippen LogP contribution in [-0.4, -0.2) is 122 Å². The quantitative estimate of drug-likeness (QED) is 0.0798. The molecule has 9 atom stereocenters. The number of benzene rings is 2. The molecular weight excluding hydrogens is 688 g/mol. The Morgan fingerprint density at radius 3 is 2.04 bits per heavy atom. The molecule has 2 saturated heterocycles. The van der Waals surface area contributed by atoms with Crippen LogP contribution in [0, 0.1) is 0 Å². The number of carbonyl (C=O) groups is 3. The molecule has 3 aromatic rings. The van der Waals surface area contributed by atoms with Gasteiger partial charge < -0.3 is 73.3 Å². The van der Waals surface area contributed by atoms with Gasteiger partial charge >= 0.3 is 17.9 Å². The number of ether oxygens (including phenoxy) is 7. The van der Waals surface area contributed by atoms with E-state index in [2.05, 4.69) is 0 Å². The number of rotatable bonds is 10. The fraction of sp³-hybridized carbons (Fsp3) is 0.438. The van der Waals surface area contributed by atoms with Gasteiger partial charge in [-0.3, -0.25) is 19.2 Å². The van der Waals surface area contributed by atoms with Crippen LogP contribution in [0.25, 0.3) is 22.3 Å². The van der Waals surface area contributed by atoms with E-state index >= 15 is 0 Å². The molecule has 0 aliphatic carbocycles. The number of phenols is 4. The Bertz CT molecular complexity index is 1850. The van der Waals surface area contributed by atoms with Gasteiger partial charge in [0.25, 0.3) is 0 Å². The van der Waals surface area contributed by atoms with Crippen LogP contribution >= 0.6 is 0 Å². The number of hydrogen-bond donors (Lipinski definition) is 7. The van der Waals surface area contributed by atoms with Crippen LogP contribution in [0.15, 0.2) is 39.5 Å². The first-order valence-electron chi connectivity index (χ1n) is 15.2. The molecule has 3 heterocycles. The molecule has 0 amide bonds. The van der Waals surface area contributed by atoms with Gasteiger partial charge in [-0.05, 0) is 18.2 Å². The third-order valence-electron chi connectivity index (χ3n) is 7.80. The van der Waals surface area contributed by atoms with E-state index in [9.17, 15) is 54.9 Å². The molecule has 0 saturated carbocycles. The molecule has 0 radical (unpaired) electrons. The third-order valence-corrected chi connectivity index (χ3v) is 7.80. The van der Waals surface area contributed by atoms with Gasteiger partial charge in [0.05, 0.1) is 6.61 Å². The van der Waals surface area contributed by atoms with E-state index in [0.717, 1.165) is 45.0 Å². The van der Waals surface area contributed by atoms with Gasteiger partial charge in [0, 0.05) is 38.5 Å². The van der Waals surface area contributed by atoms with E-state index in [1.54, 1.807) is 0 Å². The maximum absolute atomic E-state index is 13.7. The lowest BCUT2D eigenvalue weighted by molar-refractivity contribution is -0.290. The van der Waals surface area contributed by atoms with E-state index in [1.807, 2.05) is 0 Å². The minimum absolute atomic E-state index is 0.0616. The van der Waals surface area contributed by atoms with E-state index in [0.29, 0.717) is 0 Å².